The Balaban J connectivity index is 5.46. The summed E-state index contributed by atoms with van der Waals surface area (Å²) in [6, 6.07) is -5.30. The van der Waals surface area contributed by atoms with Gasteiger partial charge in [-0.25, -0.2) is 4.79 Å². The van der Waals surface area contributed by atoms with Gasteiger partial charge in [0, 0.05) is 0 Å². The average molecular weight is 447 g/mol. The largest absolute Gasteiger partial charge is 0.481 e. The van der Waals surface area contributed by atoms with Crippen LogP contribution in [0.5, 0.6) is 0 Å². The van der Waals surface area contributed by atoms with Gasteiger partial charge in [0.05, 0.1) is 13.0 Å². The summed E-state index contributed by atoms with van der Waals surface area (Å²) in [5.41, 5.74) is 10.9. The minimum atomic E-state index is -1.58. The standard InChI is InChI=1S/C18H33N5O8/c1-9(2)14(18(30)31)23-17(29)12(7-13(25)26)22-16(28)11(5-3-4-6-19)21-15(27)10(20)8-24/h9-12,14,24H,3-8,19-20H2,1-2H3,(H,21,27)(H,22,28)(H,23,29)(H,25,26)(H,30,31). The highest BCUT2D eigenvalue weighted by Crippen LogP contribution is 2.06. The molecule has 0 aromatic rings. The van der Waals surface area contributed by atoms with Crippen LogP contribution >= 0.6 is 0 Å². The number of nitrogens with one attached hydrogen (secondary N) is 3. The number of hydrogen-bond acceptors (Lipinski definition) is 8. The molecule has 4 atom stereocenters. The smallest absolute Gasteiger partial charge is 0.326 e. The maximum Gasteiger partial charge on any atom is 0.326 e. The van der Waals surface area contributed by atoms with E-state index in [1.807, 2.05) is 0 Å². The summed E-state index contributed by atoms with van der Waals surface area (Å²) in [4.78, 5) is 59.6. The zero-order chi connectivity index (χ0) is 24.1. The second-order valence-electron chi connectivity index (χ2n) is 7.36. The van der Waals surface area contributed by atoms with Crippen molar-refractivity contribution >= 4 is 29.7 Å². The van der Waals surface area contributed by atoms with E-state index in [1.54, 1.807) is 13.8 Å². The maximum atomic E-state index is 12.7. The van der Waals surface area contributed by atoms with Gasteiger partial charge in [-0.15, -0.1) is 0 Å². The van der Waals surface area contributed by atoms with Crippen molar-refractivity contribution in [3.8, 4) is 0 Å². The highest BCUT2D eigenvalue weighted by molar-refractivity contribution is 5.95. The zero-order valence-electron chi connectivity index (χ0n) is 17.7. The second-order valence-corrected chi connectivity index (χ2v) is 7.36. The molecule has 178 valence electrons. The van der Waals surface area contributed by atoms with E-state index >= 15 is 0 Å². The molecule has 3 amide bonds. The van der Waals surface area contributed by atoms with Gasteiger partial charge in [-0.3, -0.25) is 19.2 Å². The van der Waals surface area contributed by atoms with E-state index in [-0.39, 0.29) is 6.42 Å². The lowest BCUT2D eigenvalue weighted by Gasteiger charge is -2.25. The molecule has 31 heavy (non-hydrogen) atoms. The van der Waals surface area contributed by atoms with Crippen molar-refractivity contribution in [1.29, 1.82) is 0 Å². The summed E-state index contributed by atoms with van der Waals surface area (Å²) in [6.07, 6.45) is 0.298. The molecule has 0 radical (unpaired) electrons. The molecule has 10 N–H and O–H groups in total. The molecule has 13 nitrogen and oxygen atoms in total. The summed E-state index contributed by atoms with van der Waals surface area (Å²) >= 11 is 0. The predicted octanol–water partition coefficient (Wildman–Crippen LogP) is -2.90. The van der Waals surface area contributed by atoms with Crippen molar-refractivity contribution in [3.05, 3.63) is 0 Å². The Morgan fingerprint density at radius 2 is 1.42 bits per heavy atom. The number of hydrogen-bond donors (Lipinski definition) is 8. The van der Waals surface area contributed by atoms with Crippen LogP contribution in [-0.4, -0.2) is 82.3 Å². The number of carboxylic acid groups (broad SMARTS) is 2. The molecule has 0 spiro atoms. The first-order valence-corrected chi connectivity index (χ1v) is 9.86. The number of aliphatic hydroxyl groups is 1. The molecule has 13 heteroatoms. The first-order chi connectivity index (χ1) is 14.4. The predicted molar refractivity (Wildman–Crippen MR) is 108 cm³/mol. The van der Waals surface area contributed by atoms with E-state index in [4.69, 9.17) is 21.7 Å². The van der Waals surface area contributed by atoms with Crippen LogP contribution in [0.2, 0.25) is 0 Å². The number of aliphatic carboxylic acids is 2. The molecular weight excluding hydrogens is 414 g/mol. The Hall–Kier alpha value is -2.77. The Labute approximate surface area is 179 Å². The van der Waals surface area contributed by atoms with Crippen LogP contribution in [0.1, 0.15) is 39.5 Å². The van der Waals surface area contributed by atoms with Gasteiger partial charge in [0.15, 0.2) is 0 Å². The summed E-state index contributed by atoms with van der Waals surface area (Å²) < 4.78 is 0. The van der Waals surface area contributed by atoms with Crippen LogP contribution in [0, 0.1) is 5.92 Å². The van der Waals surface area contributed by atoms with Gasteiger partial charge < -0.3 is 42.7 Å². The highest BCUT2D eigenvalue weighted by Gasteiger charge is 2.32. The molecule has 0 heterocycles. The van der Waals surface area contributed by atoms with E-state index in [9.17, 15) is 29.1 Å². The molecule has 0 aliphatic carbocycles. The molecule has 0 bridgehead atoms. The van der Waals surface area contributed by atoms with E-state index in [0.29, 0.717) is 19.4 Å². The van der Waals surface area contributed by atoms with Gasteiger partial charge >= 0.3 is 11.9 Å². The van der Waals surface area contributed by atoms with E-state index in [1.165, 1.54) is 0 Å². The topological polar surface area (TPSA) is 234 Å². The van der Waals surface area contributed by atoms with Gasteiger partial charge in [-0.1, -0.05) is 13.8 Å². The molecule has 0 saturated carbocycles. The fraction of sp³-hybridized carbons (Fsp3) is 0.722. The van der Waals surface area contributed by atoms with Gasteiger partial charge in [0.2, 0.25) is 17.7 Å². The monoisotopic (exact) mass is 447 g/mol. The summed E-state index contributed by atoms with van der Waals surface area (Å²) in [5.74, 6) is -5.85. The van der Waals surface area contributed by atoms with Crippen LogP contribution in [0.25, 0.3) is 0 Å². The van der Waals surface area contributed by atoms with Gasteiger partial charge in [0.1, 0.15) is 24.2 Å². The third kappa shape index (κ3) is 10.7. The number of rotatable bonds is 15. The molecule has 4 unspecified atom stereocenters. The van der Waals surface area contributed by atoms with Gasteiger partial charge in [-0.05, 0) is 31.7 Å². The minimum Gasteiger partial charge on any atom is -0.481 e. The Morgan fingerprint density at radius 3 is 1.87 bits per heavy atom. The number of aliphatic hydroxyl groups excluding tert-OH is 1. The Morgan fingerprint density at radius 1 is 0.871 bits per heavy atom. The van der Waals surface area contributed by atoms with E-state index in [2.05, 4.69) is 16.0 Å². The third-order valence-corrected chi connectivity index (χ3v) is 4.36. The van der Waals surface area contributed by atoms with Crippen molar-refractivity contribution in [2.75, 3.05) is 13.2 Å². The lowest BCUT2D eigenvalue weighted by Crippen LogP contribution is -2.58. The molecular formula is C18H33N5O8. The molecule has 0 aliphatic rings. The van der Waals surface area contributed by atoms with Crippen LogP contribution in [-0.2, 0) is 24.0 Å². The number of nitrogens with two attached hydrogens (primary N) is 2. The minimum absolute atomic E-state index is 0.123. The maximum absolute atomic E-state index is 12.7. The summed E-state index contributed by atoms with van der Waals surface area (Å²) in [7, 11) is 0. The number of unbranched alkanes of at least 4 members (excludes halogenated alkanes) is 1. The summed E-state index contributed by atoms with van der Waals surface area (Å²) in [6.45, 7) is 2.79. The van der Waals surface area contributed by atoms with E-state index in [0.717, 1.165) is 0 Å². The third-order valence-electron chi connectivity index (χ3n) is 4.36. The summed E-state index contributed by atoms with van der Waals surface area (Å²) in [5, 5.41) is 34.1. The molecule has 0 rings (SSSR count). The lowest BCUT2D eigenvalue weighted by atomic mass is 10.0. The van der Waals surface area contributed by atoms with Crippen LogP contribution in [0.4, 0.5) is 0 Å². The highest BCUT2D eigenvalue weighted by atomic mass is 16.4. The Kier molecular flexibility index (Phi) is 13.0. The van der Waals surface area contributed by atoms with Crippen molar-refractivity contribution in [3.63, 3.8) is 0 Å². The molecule has 0 fully saturated rings. The number of carbonyl (C=O) groups excluding carboxylic acids is 3. The fourth-order valence-electron chi connectivity index (χ4n) is 2.55. The fourth-order valence-corrected chi connectivity index (χ4v) is 2.55. The quantitative estimate of drug-likeness (QED) is 0.119. The van der Waals surface area contributed by atoms with Crippen molar-refractivity contribution < 1.29 is 39.3 Å². The first kappa shape index (κ1) is 28.2. The first-order valence-electron chi connectivity index (χ1n) is 9.86. The molecule has 0 aliphatic heterocycles. The Bertz CT molecular complexity index is 642. The van der Waals surface area contributed by atoms with Crippen LogP contribution in [0.3, 0.4) is 0 Å². The van der Waals surface area contributed by atoms with E-state index < -0.39 is 72.8 Å². The van der Waals surface area contributed by atoms with Crippen molar-refractivity contribution in [1.82, 2.24) is 16.0 Å². The SMILES string of the molecule is CC(C)C(NC(=O)C(CC(=O)O)NC(=O)C(CCCCN)NC(=O)C(N)CO)C(=O)O. The number of carboxylic acids is 2. The second kappa shape index (κ2) is 14.3. The van der Waals surface area contributed by atoms with Crippen LogP contribution in [0.15, 0.2) is 0 Å². The van der Waals surface area contributed by atoms with Crippen LogP contribution < -0.4 is 27.4 Å². The molecule has 0 aromatic heterocycles. The van der Waals surface area contributed by atoms with Crippen molar-refractivity contribution in [2.45, 2.75) is 63.7 Å². The lowest BCUT2D eigenvalue weighted by molar-refractivity contribution is -0.144. The molecule has 0 saturated heterocycles. The molecule has 0 aromatic carbocycles. The normalized spacial score (nSPS) is 14.8. The van der Waals surface area contributed by atoms with Gasteiger partial charge in [-0.2, -0.15) is 0 Å². The average Bonchev–Trinajstić information content (AvgIpc) is 2.68. The number of amides is 3. The van der Waals surface area contributed by atoms with Gasteiger partial charge in [0.25, 0.3) is 0 Å². The van der Waals surface area contributed by atoms with Crippen molar-refractivity contribution in [2.24, 2.45) is 17.4 Å². The number of carbonyl (C=O) groups is 5. The zero-order valence-corrected chi connectivity index (χ0v) is 17.7.